The lowest BCUT2D eigenvalue weighted by atomic mass is 9.82. The molecule has 312 valence electrons. The molecule has 0 bridgehead atoms. The lowest BCUT2D eigenvalue weighted by Gasteiger charge is -2.45. The van der Waals surface area contributed by atoms with Gasteiger partial charge in [-0.3, -0.25) is 14.5 Å². The van der Waals surface area contributed by atoms with Crippen LogP contribution in [0.5, 0.6) is 0 Å². The van der Waals surface area contributed by atoms with E-state index in [0.29, 0.717) is 39.3 Å². The molecule has 14 nitrogen and oxygen atoms in total. The van der Waals surface area contributed by atoms with Gasteiger partial charge in [-0.25, -0.2) is 9.59 Å². The van der Waals surface area contributed by atoms with Crippen molar-refractivity contribution in [1.29, 1.82) is 0 Å². The second-order valence-electron chi connectivity index (χ2n) is 16.4. The van der Waals surface area contributed by atoms with Crippen LogP contribution in [-0.2, 0) is 41.6 Å². The smallest absolute Gasteiger partial charge is 0.410 e. The molecule has 0 saturated carbocycles. The third-order valence-electron chi connectivity index (χ3n) is 9.52. The Morgan fingerprint density at radius 3 is 1.38 bits per heavy atom. The number of amides is 2. The largest absolute Gasteiger partial charge is 0.465 e. The average molecular weight is 785 g/mol. The van der Waals surface area contributed by atoms with Crippen molar-refractivity contribution in [2.24, 2.45) is 5.73 Å². The number of benzene rings is 2. The number of carbonyl (C=O) groups excluding carboxylic acids is 4. The molecule has 2 aromatic carbocycles. The number of ether oxygens (including phenoxy) is 4. The van der Waals surface area contributed by atoms with E-state index in [4.69, 9.17) is 24.7 Å². The van der Waals surface area contributed by atoms with Crippen LogP contribution in [0, 0.1) is 0 Å². The molecule has 2 atom stereocenters. The fourth-order valence-electron chi connectivity index (χ4n) is 6.65. The summed E-state index contributed by atoms with van der Waals surface area (Å²) < 4.78 is 21.1. The minimum atomic E-state index is -1.35. The van der Waals surface area contributed by atoms with Crippen molar-refractivity contribution in [3.05, 3.63) is 71.8 Å². The fraction of sp³-hybridized carbons (Fsp3) is 0.619. The van der Waals surface area contributed by atoms with Crippen LogP contribution in [0.3, 0.4) is 0 Å². The van der Waals surface area contributed by atoms with E-state index >= 15 is 0 Å². The van der Waals surface area contributed by atoms with Crippen molar-refractivity contribution in [3.8, 4) is 0 Å². The van der Waals surface area contributed by atoms with Crippen LogP contribution >= 0.6 is 0 Å². The first-order valence-corrected chi connectivity index (χ1v) is 19.5. The molecular formula is C42H64N4O10. The molecule has 0 aromatic heterocycles. The molecular weight excluding hydrogens is 720 g/mol. The van der Waals surface area contributed by atoms with Crippen LogP contribution in [0.1, 0.15) is 92.2 Å². The predicted molar refractivity (Wildman–Crippen MR) is 211 cm³/mol. The number of likely N-dealkylation sites (tertiary alicyclic amines) is 2. The number of aliphatic hydroxyl groups is 2. The molecule has 2 aromatic rings. The standard InChI is InChI=1S/C28H38N2O5.C14H26N2O5/c1-5-34-25(31)24(28(33)16-18-29(19-17-28)26(32)35-27(2,3)4)30(20-22-12-8-6-9-13-22)21-23-14-10-7-11-15-23;1-5-20-11(17)10(15)14(19)6-8-16(9-7-14)12(18)21-13(2,3)4/h6-15,24,33H,5,16-21H2,1-4H3;10,19H,5-9,15H2,1-4H3. The van der Waals surface area contributed by atoms with Crippen LogP contribution in [0.2, 0.25) is 0 Å². The number of piperidine rings is 2. The highest BCUT2D eigenvalue weighted by molar-refractivity contribution is 5.78. The van der Waals surface area contributed by atoms with E-state index in [2.05, 4.69) is 0 Å². The van der Waals surface area contributed by atoms with Crippen LogP contribution in [0.4, 0.5) is 9.59 Å². The zero-order chi connectivity index (χ0) is 41.7. The third-order valence-corrected chi connectivity index (χ3v) is 9.52. The molecule has 0 aliphatic carbocycles. The van der Waals surface area contributed by atoms with Gasteiger partial charge in [0.15, 0.2) is 0 Å². The number of nitrogens with zero attached hydrogens (tertiary/aromatic N) is 3. The van der Waals surface area contributed by atoms with Crippen LogP contribution in [-0.4, -0.2) is 123 Å². The first-order valence-electron chi connectivity index (χ1n) is 19.5. The van der Waals surface area contributed by atoms with Crippen LogP contribution in [0.25, 0.3) is 0 Å². The SMILES string of the molecule is CCOC(=O)C(N(Cc1ccccc1)Cc1ccccc1)C1(O)CCN(C(=O)OC(C)(C)C)CC1.CCOC(=O)C(N)C1(O)CCN(C(=O)OC(C)(C)C)CC1. The van der Waals surface area contributed by atoms with Crippen LogP contribution < -0.4 is 5.73 Å². The van der Waals surface area contributed by atoms with E-state index in [-0.39, 0.29) is 38.9 Å². The molecule has 2 amide bonds. The molecule has 2 unspecified atom stereocenters. The summed E-state index contributed by atoms with van der Waals surface area (Å²) in [5.74, 6) is -1.07. The highest BCUT2D eigenvalue weighted by Crippen LogP contribution is 2.33. The topological polar surface area (TPSA) is 181 Å². The summed E-state index contributed by atoms with van der Waals surface area (Å²) in [7, 11) is 0. The minimum absolute atomic E-state index is 0.215. The van der Waals surface area contributed by atoms with Gasteiger partial charge in [0, 0.05) is 39.3 Å². The normalized spacial score (nSPS) is 17.8. The fourth-order valence-corrected chi connectivity index (χ4v) is 6.65. The summed E-state index contributed by atoms with van der Waals surface area (Å²) in [6.07, 6.45) is 0.0938. The second kappa shape index (κ2) is 20.3. The maximum Gasteiger partial charge on any atom is 0.410 e. The Kier molecular flexibility index (Phi) is 16.7. The van der Waals surface area contributed by atoms with Gasteiger partial charge in [-0.05, 0) is 92.2 Å². The summed E-state index contributed by atoms with van der Waals surface area (Å²) in [5, 5.41) is 22.3. The van der Waals surface area contributed by atoms with Gasteiger partial charge in [-0.1, -0.05) is 60.7 Å². The van der Waals surface area contributed by atoms with E-state index in [9.17, 15) is 29.4 Å². The number of hydrogen-bond acceptors (Lipinski definition) is 12. The van der Waals surface area contributed by atoms with Gasteiger partial charge in [-0.2, -0.15) is 0 Å². The Morgan fingerprint density at radius 1 is 0.661 bits per heavy atom. The minimum Gasteiger partial charge on any atom is -0.465 e. The molecule has 2 saturated heterocycles. The molecule has 4 N–H and O–H groups in total. The van der Waals surface area contributed by atoms with E-state index in [1.807, 2.05) is 86.3 Å². The van der Waals surface area contributed by atoms with Gasteiger partial charge < -0.3 is 44.7 Å². The number of esters is 2. The van der Waals surface area contributed by atoms with Crippen LogP contribution in [0.15, 0.2) is 60.7 Å². The van der Waals surface area contributed by atoms with Gasteiger partial charge in [0.05, 0.1) is 24.4 Å². The van der Waals surface area contributed by atoms with Gasteiger partial charge in [0.25, 0.3) is 0 Å². The Morgan fingerprint density at radius 2 is 1.02 bits per heavy atom. The number of carbonyl (C=O) groups is 4. The van der Waals surface area contributed by atoms with Crippen molar-refractivity contribution in [2.45, 2.75) is 129 Å². The Labute approximate surface area is 332 Å². The van der Waals surface area contributed by atoms with Gasteiger partial charge in [0.2, 0.25) is 0 Å². The predicted octanol–water partition coefficient (Wildman–Crippen LogP) is 5.02. The van der Waals surface area contributed by atoms with E-state index < -0.39 is 58.6 Å². The van der Waals surface area contributed by atoms with E-state index in [1.54, 1.807) is 39.5 Å². The number of rotatable bonds is 11. The third kappa shape index (κ3) is 14.1. The summed E-state index contributed by atoms with van der Waals surface area (Å²) in [6, 6.07) is 17.8. The molecule has 0 spiro atoms. The molecule has 2 fully saturated rings. The lowest BCUT2D eigenvalue weighted by molar-refractivity contribution is -0.167. The highest BCUT2D eigenvalue weighted by Gasteiger charge is 2.49. The lowest BCUT2D eigenvalue weighted by Crippen LogP contribution is -2.61. The molecule has 56 heavy (non-hydrogen) atoms. The summed E-state index contributed by atoms with van der Waals surface area (Å²) in [4.78, 5) is 54.6. The van der Waals surface area contributed by atoms with Gasteiger partial charge >= 0.3 is 24.1 Å². The summed E-state index contributed by atoms with van der Waals surface area (Å²) >= 11 is 0. The van der Waals surface area contributed by atoms with E-state index in [1.165, 1.54) is 4.90 Å². The van der Waals surface area contributed by atoms with E-state index in [0.717, 1.165) is 11.1 Å². The Balaban J connectivity index is 0.000000342. The number of hydrogen-bond donors (Lipinski definition) is 3. The van der Waals surface area contributed by atoms with Crippen molar-refractivity contribution in [1.82, 2.24) is 14.7 Å². The number of nitrogens with two attached hydrogens (primary N) is 1. The van der Waals surface area contributed by atoms with Crippen molar-refractivity contribution < 1.29 is 48.3 Å². The maximum atomic E-state index is 13.3. The van der Waals surface area contributed by atoms with Crippen molar-refractivity contribution >= 4 is 24.1 Å². The highest BCUT2D eigenvalue weighted by atomic mass is 16.6. The Hall–Kier alpha value is -4.24. The molecule has 2 aliphatic heterocycles. The zero-order valence-corrected chi connectivity index (χ0v) is 34.5. The molecule has 14 heteroatoms. The first-order chi connectivity index (χ1) is 26.2. The average Bonchev–Trinajstić information content (AvgIpc) is 3.12. The van der Waals surface area contributed by atoms with Crippen molar-refractivity contribution in [3.63, 3.8) is 0 Å². The first kappa shape index (κ1) is 46.1. The van der Waals surface area contributed by atoms with Crippen molar-refractivity contribution in [2.75, 3.05) is 39.4 Å². The summed E-state index contributed by atoms with van der Waals surface area (Å²) in [6.45, 7) is 16.9. The van der Waals surface area contributed by atoms with Gasteiger partial charge in [-0.15, -0.1) is 0 Å². The molecule has 2 heterocycles. The molecule has 4 rings (SSSR count). The second-order valence-corrected chi connectivity index (χ2v) is 16.4. The maximum absolute atomic E-state index is 13.3. The molecule has 2 aliphatic rings. The summed E-state index contributed by atoms with van der Waals surface area (Å²) in [5.41, 5.74) is 3.99. The Bertz CT molecular complexity index is 1500. The zero-order valence-electron chi connectivity index (χ0n) is 34.5. The molecule has 0 radical (unpaired) electrons. The monoisotopic (exact) mass is 784 g/mol. The van der Waals surface area contributed by atoms with Gasteiger partial charge in [0.1, 0.15) is 23.3 Å². The quantitative estimate of drug-likeness (QED) is 0.205.